The van der Waals surface area contributed by atoms with Crippen LogP contribution in [0.1, 0.15) is 25.2 Å². The van der Waals surface area contributed by atoms with Gasteiger partial charge in [0.25, 0.3) is 0 Å². The van der Waals surface area contributed by atoms with E-state index in [2.05, 4.69) is 33.9 Å². The summed E-state index contributed by atoms with van der Waals surface area (Å²) >= 11 is 0. The molecular weight excluding hydrogens is 162 g/mol. The molecule has 0 radical (unpaired) electrons. The summed E-state index contributed by atoms with van der Waals surface area (Å²) in [5.74, 6) is 1.03. The second kappa shape index (κ2) is 3.47. The average Bonchev–Trinajstić information content (AvgIpc) is 2.76. The molecule has 2 rings (SSSR count). The van der Waals surface area contributed by atoms with Crippen molar-refractivity contribution in [3.8, 4) is 0 Å². The Morgan fingerprint density at radius 1 is 1.46 bits per heavy atom. The van der Waals surface area contributed by atoms with Gasteiger partial charge in [0.05, 0.1) is 6.04 Å². The molecule has 0 spiro atoms. The molecule has 2 aromatic rings. The zero-order chi connectivity index (χ0) is 9.10. The van der Waals surface area contributed by atoms with Crippen LogP contribution in [0.15, 0.2) is 36.9 Å². The Morgan fingerprint density at radius 2 is 2.23 bits per heavy atom. The normalized spacial score (nSPS) is 13.0. The van der Waals surface area contributed by atoms with Crippen molar-refractivity contribution in [2.45, 2.75) is 19.4 Å². The van der Waals surface area contributed by atoms with Gasteiger partial charge in [-0.25, -0.2) is 4.98 Å². The molecular formula is C10H13N3. The van der Waals surface area contributed by atoms with E-state index >= 15 is 0 Å². The molecule has 1 N–H and O–H groups in total. The third-order valence-electron chi connectivity index (χ3n) is 2.21. The number of aromatic amines is 1. The maximum Gasteiger partial charge on any atom is 0.129 e. The van der Waals surface area contributed by atoms with E-state index in [-0.39, 0.29) is 0 Å². The van der Waals surface area contributed by atoms with Crippen molar-refractivity contribution in [1.82, 2.24) is 14.5 Å². The summed E-state index contributed by atoms with van der Waals surface area (Å²) < 4.78 is 2.17. The predicted octanol–water partition coefficient (Wildman–Crippen LogP) is 2.21. The van der Waals surface area contributed by atoms with E-state index in [1.54, 1.807) is 6.20 Å². The molecule has 13 heavy (non-hydrogen) atoms. The van der Waals surface area contributed by atoms with Gasteiger partial charge in [-0.1, -0.05) is 6.92 Å². The molecule has 0 bridgehead atoms. The van der Waals surface area contributed by atoms with Crippen molar-refractivity contribution in [3.63, 3.8) is 0 Å². The first-order valence-corrected chi connectivity index (χ1v) is 4.53. The molecule has 0 aliphatic rings. The molecule has 68 valence electrons. The van der Waals surface area contributed by atoms with Crippen LogP contribution in [-0.2, 0) is 0 Å². The molecule has 1 atom stereocenters. The third-order valence-corrected chi connectivity index (χ3v) is 2.21. The Hall–Kier alpha value is -1.51. The number of nitrogens with zero attached hydrogens (tertiary/aromatic N) is 2. The van der Waals surface area contributed by atoms with E-state index in [9.17, 15) is 0 Å². The second-order valence-corrected chi connectivity index (χ2v) is 3.03. The first kappa shape index (κ1) is 8.10. The monoisotopic (exact) mass is 175 g/mol. The number of aromatic nitrogens is 3. The van der Waals surface area contributed by atoms with Crippen molar-refractivity contribution in [1.29, 1.82) is 0 Å². The zero-order valence-electron chi connectivity index (χ0n) is 7.64. The quantitative estimate of drug-likeness (QED) is 0.762. The van der Waals surface area contributed by atoms with Crippen LogP contribution in [0, 0.1) is 0 Å². The van der Waals surface area contributed by atoms with Crippen LogP contribution in [0.2, 0.25) is 0 Å². The predicted molar refractivity (Wildman–Crippen MR) is 51.4 cm³/mol. The fraction of sp³-hybridized carbons (Fsp3) is 0.300. The highest BCUT2D eigenvalue weighted by atomic mass is 15.0. The van der Waals surface area contributed by atoms with Gasteiger partial charge in [-0.05, 0) is 18.6 Å². The summed E-state index contributed by atoms with van der Waals surface area (Å²) in [4.78, 5) is 7.41. The first-order valence-electron chi connectivity index (χ1n) is 4.53. The Morgan fingerprint density at radius 3 is 2.77 bits per heavy atom. The number of hydrogen-bond acceptors (Lipinski definition) is 1. The molecule has 0 fully saturated rings. The number of nitrogens with one attached hydrogen (secondary N) is 1. The van der Waals surface area contributed by atoms with Gasteiger partial charge in [0, 0.05) is 24.8 Å². The van der Waals surface area contributed by atoms with Gasteiger partial charge in [-0.15, -0.1) is 0 Å². The Labute approximate surface area is 77.4 Å². The Bertz CT molecular complexity index is 300. The van der Waals surface area contributed by atoms with Crippen LogP contribution in [0.3, 0.4) is 0 Å². The van der Waals surface area contributed by atoms with E-state index < -0.39 is 0 Å². The van der Waals surface area contributed by atoms with Gasteiger partial charge in [-0.3, -0.25) is 0 Å². The number of imidazole rings is 1. The largest absolute Gasteiger partial charge is 0.347 e. The molecule has 2 aromatic heterocycles. The summed E-state index contributed by atoms with van der Waals surface area (Å²) in [7, 11) is 0. The van der Waals surface area contributed by atoms with Gasteiger partial charge in [-0.2, -0.15) is 0 Å². The zero-order valence-corrected chi connectivity index (χ0v) is 7.64. The molecule has 0 saturated heterocycles. The lowest BCUT2D eigenvalue weighted by molar-refractivity contribution is 0.542. The first-order chi connectivity index (χ1) is 6.42. The van der Waals surface area contributed by atoms with Crippen molar-refractivity contribution in [2.24, 2.45) is 0 Å². The van der Waals surface area contributed by atoms with Gasteiger partial charge in [0.2, 0.25) is 0 Å². The van der Waals surface area contributed by atoms with E-state index in [4.69, 9.17) is 0 Å². The second-order valence-electron chi connectivity index (χ2n) is 3.03. The molecule has 2 heterocycles. The molecule has 1 unspecified atom stereocenters. The van der Waals surface area contributed by atoms with Gasteiger partial charge < -0.3 is 9.55 Å². The fourth-order valence-electron chi connectivity index (χ4n) is 1.56. The molecule has 0 aliphatic carbocycles. The van der Waals surface area contributed by atoms with Gasteiger partial charge in [0.15, 0.2) is 0 Å². The van der Waals surface area contributed by atoms with Crippen molar-refractivity contribution >= 4 is 0 Å². The summed E-state index contributed by atoms with van der Waals surface area (Å²) in [6.45, 7) is 2.16. The lowest BCUT2D eigenvalue weighted by atomic mass is 10.2. The SMILES string of the molecule is CCC(c1ncc[nH]1)n1cccc1. The minimum absolute atomic E-state index is 0.338. The van der Waals surface area contributed by atoms with Crippen LogP contribution in [-0.4, -0.2) is 14.5 Å². The van der Waals surface area contributed by atoms with Crippen LogP contribution >= 0.6 is 0 Å². The van der Waals surface area contributed by atoms with E-state index in [0.29, 0.717) is 6.04 Å². The topological polar surface area (TPSA) is 33.6 Å². The standard InChI is InChI=1S/C10H13N3/c1-2-9(10-11-5-6-12-10)13-7-3-4-8-13/h3-9H,2H2,1H3,(H,11,12). The number of H-pyrrole nitrogens is 1. The van der Waals surface area contributed by atoms with Gasteiger partial charge in [0.1, 0.15) is 5.82 Å². The van der Waals surface area contributed by atoms with E-state index in [0.717, 1.165) is 12.2 Å². The lowest BCUT2D eigenvalue weighted by Crippen LogP contribution is -2.08. The van der Waals surface area contributed by atoms with Crippen molar-refractivity contribution in [2.75, 3.05) is 0 Å². The summed E-state index contributed by atoms with van der Waals surface area (Å²) in [6, 6.07) is 4.40. The van der Waals surface area contributed by atoms with Crippen LogP contribution < -0.4 is 0 Å². The number of hydrogen-bond donors (Lipinski definition) is 1. The highest BCUT2D eigenvalue weighted by molar-refractivity contribution is 5.02. The molecule has 0 aromatic carbocycles. The minimum Gasteiger partial charge on any atom is -0.347 e. The lowest BCUT2D eigenvalue weighted by Gasteiger charge is -2.13. The Balaban J connectivity index is 2.29. The molecule has 0 saturated carbocycles. The molecule has 0 amide bonds. The highest BCUT2D eigenvalue weighted by Crippen LogP contribution is 2.17. The minimum atomic E-state index is 0.338. The summed E-state index contributed by atoms with van der Waals surface area (Å²) in [5, 5.41) is 0. The van der Waals surface area contributed by atoms with Gasteiger partial charge >= 0.3 is 0 Å². The summed E-state index contributed by atoms with van der Waals surface area (Å²) in [6.07, 6.45) is 8.83. The fourth-order valence-corrected chi connectivity index (χ4v) is 1.56. The third kappa shape index (κ3) is 1.49. The Kier molecular flexibility index (Phi) is 2.17. The van der Waals surface area contributed by atoms with Crippen molar-refractivity contribution in [3.05, 3.63) is 42.7 Å². The molecule has 0 aliphatic heterocycles. The van der Waals surface area contributed by atoms with E-state index in [1.807, 2.05) is 18.3 Å². The van der Waals surface area contributed by atoms with Crippen LogP contribution in [0.5, 0.6) is 0 Å². The maximum absolute atomic E-state index is 4.27. The molecule has 3 nitrogen and oxygen atoms in total. The number of rotatable bonds is 3. The highest BCUT2D eigenvalue weighted by Gasteiger charge is 2.11. The van der Waals surface area contributed by atoms with Crippen LogP contribution in [0.4, 0.5) is 0 Å². The average molecular weight is 175 g/mol. The smallest absolute Gasteiger partial charge is 0.129 e. The van der Waals surface area contributed by atoms with Crippen molar-refractivity contribution < 1.29 is 0 Å². The maximum atomic E-state index is 4.27. The molecule has 3 heteroatoms. The van der Waals surface area contributed by atoms with E-state index in [1.165, 1.54) is 0 Å². The summed E-state index contributed by atoms with van der Waals surface area (Å²) in [5.41, 5.74) is 0. The van der Waals surface area contributed by atoms with Crippen LogP contribution in [0.25, 0.3) is 0 Å².